The Kier molecular flexibility index (Phi) is 8.57. The summed E-state index contributed by atoms with van der Waals surface area (Å²) in [6, 6.07) is 11.0. The number of halogens is 2. The van der Waals surface area contributed by atoms with Crippen molar-refractivity contribution in [3.05, 3.63) is 77.2 Å². The van der Waals surface area contributed by atoms with Gasteiger partial charge in [0.15, 0.2) is 12.1 Å². The van der Waals surface area contributed by atoms with E-state index in [-0.39, 0.29) is 24.5 Å². The van der Waals surface area contributed by atoms with E-state index in [0.29, 0.717) is 29.2 Å². The molecule has 2 atom stereocenters. The van der Waals surface area contributed by atoms with Crippen LogP contribution in [0.4, 0.5) is 4.39 Å². The summed E-state index contributed by atoms with van der Waals surface area (Å²) in [5, 5.41) is 12.8. The van der Waals surface area contributed by atoms with Crippen LogP contribution in [0.15, 0.2) is 59.5 Å². The summed E-state index contributed by atoms with van der Waals surface area (Å²) in [4.78, 5) is 28.1. The predicted molar refractivity (Wildman–Crippen MR) is 121 cm³/mol. The van der Waals surface area contributed by atoms with Gasteiger partial charge in [0.25, 0.3) is 5.91 Å². The van der Waals surface area contributed by atoms with Crippen LogP contribution < -0.4 is 5.32 Å². The molecule has 1 heterocycles. The molecule has 2 N–H and O–H groups in total. The van der Waals surface area contributed by atoms with Gasteiger partial charge in [-0.1, -0.05) is 35.9 Å². The highest BCUT2D eigenvalue weighted by atomic mass is 35.5. The first kappa shape index (κ1) is 24.4. The van der Waals surface area contributed by atoms with Gasteiger partial charge in [-0.2, -0.15) is 0 Å². The molecule has 0 bridgehead atoms. The summed E-state index contributed by atoms with van der Waals surface area (Å²) in [6.45, 7) is 2.21. The summed E-state index contributed by atoms with van der Waals surface area (Å²) < 4.78 is 24.3. The lowest BCUT2D eigenvalue weighted by Gasteiger charge is -2.22. The van der Waals surface area contributed by atoms with Crippen LogP contribution in [-0.2, 0) is 16.0 Å². The lowest BCUT2D eigenvalue weighted by Crippen LogP contribution is -2.40. The number of aromatic nitrogens is 1. The highest BCUT2D eigenvalue weighted by Crippen LogP contribution is 2.27. The second-order valence-electron chi connectivity index (χ2n) is 7.50. The second kappa shape index (κ2) is 11.6. The fourth-order valence-electron chi connectivity index (χ4n) is 3.44. The number of aliphatic carboxylic acids is 1. The average molecular weight is 475 g/mol. The fraction of sp³-hybridized carbons (Fsp3) is 0.292. The fourth-order valence-corrected chi connectivity index (χ4v) is 3.62. The number of nitrogens with zero attached hydrogens (tertiary/aromatic N) is 1. The lowest BCUT2D eigenvalue weighted by atomic mass is 9.94. The van der Waals surface area contributed by atoms with Crippen molar-refractivity contribution in [3.63, 3.8) is 0 Å². The van der Waals surface area contributed by atoms with E-state index in [2.05, 4.69) is 10.3 Å². The first-order valence-electron chi connectivity index (χ1n) is 10.4. The molecule has 3 rings (SSSR count). The molecule has 0 aliphatic heterocycles. The molecule has 0 aliphatic rings. The first-order valence-corrected chi connectivity index (χ1v) is 10.8. The Morgan fingerprint density at radius 3 is 2.64 bits per heavy atom. The predicted octanol–water partition coefficient (Wildman–Crippen LogP) is 4.60. The number of carbonyl (C=O) groups excluding carboxylic acids is 1. The average Bonchev–Trinajstić information content (AvgIpc) is 3.34. The van der Waals surface area contributed by atoms with Crippen LogP contribution in [-0.4, -0.2) is 41.2 Å². The van der Waals surface area contributed by atoms with Gasteiger partial charge < -0.3 is 19.6 Å². The third-order valence-corrected chi connectivity index (χ3v) is 5.35. The van der Waals surface area contributed by atoms with Gasteiger partial charge in [-0.05, 0) is 49.1 Å². The zero-order chi connectivity index (χ0) is 23.8. The van der Waals surface area contributed by atoms with Crippen LogP contribution in [0.1, 0.15) is 29.4 Å². The zero-order valence-corrected chi connectivity index (χ0v) is 18.7. The minimum atomic E-state index is -1.00. The summed E-state index contributed by atoms with van der Waals surface area (Å²) in [6.07, 6.45) is 2.88. The number of ether oxygens (including phenoxy) is 1. The van der Waals surface area contributed by atoms with Crippen molar-refractivity contribution < 1.29 is 28.2 Å². The number of hydrogen-bond donors (Lipinski definition) is 2. The quantitative estimate of drug-likeness (QED) is 0.421. The van der Waals surface area contributed by atoms with Crippen LogP contribution in [0.25, 0.3) is 11.1 Å². The van der Waals surface area contributed by atoms with Gasteiger partial charge in [-0.15, -0.1) is 0 Å². The molecular formula is C24H24ClFN2O5. The van der Waals surface area contributed by atoms with E-state index in [9.17, 15) is 19.1 Å². The normalized spacial score (nSPS) is 12.8. The Balaban J connectivity index is 1.78. The van der Waals surface area contributed by atoms with E-state index in [0.717, 1.165) is 12.0 Å². The van der Waals surface area contributed by atoms with Crippen molar-refractivity contribution in [1.82, 2.24) is 10.3 Å². The molecule has 0 saturated heterocycles. The molecule has 1 amide bonds. The molecule has 0 radical (unpaired) electrons. The monoisotopic (exact) mass is 474 g/mol. The SMILES string of the molecule is CCOCC(CC(Cc1ccc(-c2cc(Cl)ccc2F)cc1)NC(=O)c1cocn1)C(=O)O. The van der Waals surface area contributed by atoms with Crippen molar-refractivity contribution in [2.24, 2.45) is 5.92 Å². The molecule has 2 aromatic carbocycles. The third kappa shape index (κ3) is 6.87. The zero-order valence-electron chi connectivity index (χ0n) is 18.0. The van der Waals surface area contributed by atoms with Gasteiger partial charge in [-0.25, -0.2) is 9.37 Å². The van der Waals surface area contributed by atoms with Crippen molar-refractivity contribution in [3.8, 4) is 11.1 Å². The van der Waals surface area contributed by atoms with Crippen LogP contribution >= 0.6 is 11.6 Å². The number of carboxylic acid groups (broad SMARTS) is 1. The number of nitrogens with one attached hydrogen (secondary N) is 1. The van der Waals surface area contributed by atoms with Crippen molar-refractivity contribution in [2.45, 2.75) is 25.8 Å². The van der Waals surface area contributed by atoms with Crippen LogP contribution in [0.3, 0.4) is 0 Å². The minimum absolute atomic E-state index is 0.0369. The van der Waals surface area contributed by atoms with Crippen LogP contribution in [0.5, 0.6) is 0 Å². The topological polar surface area (TPSA) is 102 Å². The molecule has 1 aromatic heterocycles. The van der Waals surface area contributed by atoms with E-state index in [4.69, 9.17) is 20.8 Å². The largest absolute Gasteiger partial charge is 0.481 e. The maximum Gasteiger partial charge on any atom is 0.308 e. The number of rotatable bonds is 11. The molecule has 33 heavy (non-hydrogen) atoms. The van der Waals surface area contributed by atoms with E-state index in [1.54, 1.807) is 25.1 Å². The highest BCUT2D eigenvalue weighted by molar-refractivity contribution is 6.30. The number of hydrogen-bond acceptors (Lipinski definition) is 5. The summed E-state index contributed by atoms with van der Waals surface area (Å²) in [5.41, 5.74) is 1.98. The molecule has 9 heteroatoms. The highest BCUT2D eigenvalue weighted by Gasteiger charge is 2.25. The van der Waals surface area contributed by atoms with Crippen LogP contribution in [0, 0.1) is 11.7 Å². The molecule has 3 aromatic rings. The number of amides is 1. The molecule has 7 nitrogen and oxygen atoms in total. The van der Waals surface area contributed by atoms with Crippen molar-refractivity contribution in [1.29, 1.82) is 0 Å². The standard InChI is InChI=1S/C24H24ClFN2O5/c1-2-32-12-17(24(30)31)10-19(28-23(29)22-13-33-14-27-22)9-15-3-5-16(6-4-15)20-11-18(25)7-8-21(20)26/h3-8,11,13-14,17,19H,2,9-10,12H2,1H3,(H,28,29)(H,30,31). The molecule has 0 aliphatic carbocycles. The van der Waals surface area contributed by atoms with Gasteiger partial charge >= 0.3 is 5.97 Å². The molecule has 174 valence electrons. The Bertz CT molecular complexity index is 1070. The smallest absolute Gasteiger partial charge is 0.308 e. The number of carboxylic acids is 1. The second-order valence-corrected chi connectivity index (χ2v) is 7.94. The van der Waals surface area contributed by atoms with Gasteiger partial charge in [0.05, 0.1) is 12.5 Å². The first-order chi connectivity index (χ1) is 15.9. The number of oxazole rings is 1. The Labute approximate surface area is 195 Å². The van der Waals surface area contributed by atoms with Crippen LogP contribution in [0.2, 0.25) is 5.02 Å². The summed E-state index contributed by atoms with van der Waals surface area (Å²) >= 11 is 5.99. The van der Waals surface area contributed by atoms with Crippen molar-refractivity contribution >= 4 is 23.5 Å². The molecule has 0 saturated carbocycles. The Hall–Kier alpha value is -3.23. The maximum absolute atomic E-state index is 14.2. The molecule has 0 spiro atoms. The summed E-state index contributed by atoms with van der Waals surface area (Å²) in [7, 11) is 0. The molecule has 0 fully saturated rings. The minimum Gasteiger partial charge on any atom is -0.481 e. The lowest BCUT2D eigenvalue weighted by molar-refractivity contribution is -0.144. The van der Waals surface area contributed by atoms with Crippen molar-refractivity contribution in [2.75, 3.05) is 13.2 Å². The Morgan fingerprint density at radius 1 is 1.24 bits per heavy atom. The third-order valence-electron chi connectivity index (χ3n) is 5.12. The van der Waals surface area contributed by atoms with E-state index in [1.165, 1.54) is 18.4 Å². The molecule has 2 unspecified atom stereocenters. The summed E-state index contributed by atoms with van der Waals surface area (Å²) in [5.74, 6) is -2.65. The van der Waals surface area contributed by atoms with E-state index < -0.39 is 23.8 Å². The van der Waals surface area contributed by atoms with Gasteiger partial charge in [0, 0.05) is 23.2 Å². The van der Waals surface area contributed by atoms with Gasteiger partial charge in [0.1, 0.15) is 12.1 Å². The van der Waals surface area contributed by atoms with Gasteiger partial charge in [0.2, 0.25) is 0 Å². The number of carbonyl (C=O) groups is 2. The van der Waals surface area contributed by atoms with E-state index >= 15 is 0 Å². The number of benzene rings is 2. The molecular weight excluding hydrogens is 451 g/mol. The van der Waals surface area contributed by atoms with Gasteiger partial charge in [-0.3, -0.25) is 9.59 Å². The Morgan fingerprint density at radius 2 is 2.00 bits per heavy atom. The maximum atomic E-state index is 14.2. The van der Waals surface area contributed by atoms with E-state index in [1.807, 2.05) is 12.1 Å².